The molecule has 0 saturated heterocycles. The Morgan fingerprint density at radius 1 is 1.32 bits per heavy atom. The second-order valence-corrected chi connectivity index (χ2v) is 5.61. The molecule has 1 aromatic carbocycles. The summed E-state index contributed by atoms with van der Waals surface area (Å²) in [5.74, 6) is -0.103. The normalized spacial score (nSPS) is 10.3. The van der Waals surface area contributed by atoms with Crippen molar-refractivity contribution in [3.05, 3.63) is 40.4 Å². The Morgan fingerprint density at radius 2 is 2.05 bits per heavy atom. The molecular formula is C14H17N3OS. The zero-order valence-corrected chi connectivity index (χ0v) is 12.3. The van der Waals surface area contributed by atoms with Crippen LogP contribution in [0, 0.1) is 13.8 Å². The van der Waals surface area contributed by atoms with E-state index in [1.54, 1.807) is 0 Å². The molecule has 0 aliphatic rings. The van der Waals surface area contributed by atoms with Crippen LogP contribution in [0.4, 0.5) is 10.8 Å². The van der Waals surface area contributed by atoms with E-state index < -0.39 is 0 Å². The Kier molecular flexibility index (Phi) is 3.85. The van der Waals surface area contributed by atoms with Crippen molar-refractivity contribution in [3.8, 4) is 0 Å². The van der Waals surface area contributed by atoms with Crippen LogP contribution >= 0.6 is 11.3 Å². The van der Waals surface area contributed by atoms with Crippen molar-refractivity contribution >= 4 is 28.1 Å². The van der Waals surface area contributed by atoms with E-state index in [2.05, 4.69) is 10.3 Å². The van der Waals surface area contributed by atoms with E-state index in [4.69, 9.17) is 0 Å². The molecule has 1 heterocycles. The molecule has 1 amide bonds. The van der Waals surface area contributed by atoms with Crippen LogP contribution in [0.2, 0.25) is 0 Å². The molecule has 4 nitrogen and oxygen atoms in total. The van der Waals surface area contributed by atoms with Crippen molar-refractivity contribution < 1.29 is 4.79 Å². The quantitative estimate of drug-likeness (QED) is 0.936. The van der Waals surface area contributed by atoms with Gasteiger partial charge in [-0.15, -0.1) is 0 Å². The molecule has 0 atom stereocenters. The summed E-state index contributed by atoms with van der Waals surface area (Å²) in [5, 5.41) is 3.74. The van der Waals surface area contributed by atoms with Gasteiger partial charge in [0.05, 0.1) is 5.69 Å². The van der Waals surface area contributed by atoms with Gasteiger partial charge in [-0.05, 0) is 31.5 Å². The molecule has 2 rings (SSSR count). The Hall–Kier alpha value is -1.88. The Balaban J connectivity index is 2.20. The SMILES string of the molecule is Cc1cccc(NC(=O)c2sc(N(C)C)nc2C)c1. The van der Waals surface area contributed by atoms with Crippen molar-refractivity contribution in [1.82, 2.24) is 4.98 Å². The molecule has 0 spiro atoms. The maximum Gasteiger partial charge on any atom is 0.267 e. The van der Waals surface area contributed by atoms with Crippen LogP contribution in [-0.2, 0) is 0 Å². The Morgan fingerprint density at radius 3 is 2.63 bits per heavy atom. The van der Waals surface area contributed by atoms with Gasteiger partial charge in [0.1, 0.15) is 4.88 Å². The number of hydrogen-bond acceptors (Lipinski definition) is 4. The molecule has 0 bridgehead atoms. The molecule has 0 aliphatic heterocycles. The van der Waals surface area contributed by atoms with Crippen LogP contribution in [0.15, 0.2) is 24.3 Å². The highest BCUT2D eigenvalue weighted by molar-refractivity contribution is 7.17. The van der Waals surface area contributed by atoms with Crippen molar-refractivity contribution in [2.75, 3.05) is 24.3 Å². The van der Waals surface area contributed by atoms with Crippen molar-refractivity contribution in [1.29, 1.82) is 0 Å². The first-order valence-electron chi connectivity index (χ1n) is 6.00. The van der Waals surface area contributed by atoms with Gasteiger partial charge in [-0.2, -0.15) is 0 Å². The number of aromatic nitrogens is 1. The van der Waals surface area contributed by atoms with E-state index in [-0.39, 0.29) is 5.91 Å². The number of carbonyl (C=O) groups excluding carboxylic acids is 1. The lowest BCUT2D eigenvalue weighted by Crippen LogP contribution is -2.11. The van der Waals surface area contributed by atoms with Crippen LogP contribution in [0.25, 0.3) is 0 Å². The fourth-order valence-corrected chi connectivity index (χ4v) is 2.58. The van der Waals surface area contributed by atoms with Gasteiger partial charge in [0.25, 0.3) is 5.91 Å². The topological polar surface area (TPSA) is 45.2 Å². The summed E-state index contributed by atoms with van der Waals surface area (Å²) < 4.78 is 0. The van der Waals surface area contributed by atoms with Crippen LogP contribution in [0.1, 0.15) is 20.9 Å². The number of carbonyl (C=O) groups is 1. The van der Waals surface area contributed by atoms with Gasteiger partial charge in [0, 0.05) is 19.8 Å². The van der Waals surface area contributed by atoms with Crippen LogP contribution in [0.5, 0.6) is 0 Å². The number of thiazole rings is 1. The third kappa shape index (κ3) is 3.12. The number of nitrogens with zero attached hydrogens (tertiary/aromatic N) is 2. The minimum atomic E-state index is -0.103. The van der Waals surface area contributed by atoms with Crippen molar-refractivity contribution in [2.24, 2.45) is 0 Å². The molecule has 0 fully saturated rings. The van der Waals surface area contributed by atoms with Gasteiger partial charge in [0.2, 0.25) is 0 Å². The van der Waals surface area contributed by atoms with E-state index in [9.17, 15) is 4.79 Å². The first-order valence-corrected chi connectivity index (χ1v) is 6.82. The first kappa shape index (κ1) is 13.5. The standard InChI is InChI=1S/C14H17N3OS/c1-9-6-5-7-11(8-9)16-13(18)12-10(2)15-14(19-12)17(3)4/h5-8H,1-4H3,(H,16,18). The van der Waals surface area contributed by atoms with E-state index >= 15 is 0 Å². The van der Waals surface area contributed by atoms with Crippen molar-refractivity contribution in [2.45, 2.75) is 13.8 Å². The highest BCUT2D eigenvalue weighted by atomic mass is 32.1. The summed E-state index contributed by atoms with van der Waals surface area (Å²) in [6, 6.07) is 7.75. The predicted molar refractivity (Wildman–Crippen MR) is 80.3 cm³/mol. The molecule has 19 heavy (non-hydrogen) atoms. The molecule has 100 valence electrons. The minimum Gasteiger partial charge on any atom is -0.354 e. The van der Waals surface area contributed by atoms with Gasteiger partial charge >= 0.3 is 0 Å². The molecule has 1 N–H and O–H groups in total. The van der Waals surface area contributed by atoms with Crippen LogP contribution < -0.4 is 10.2 Å². The average Bonchev–Trinajstić information content (AvgIpc) is 2.71. The Bertz CT molecular complexity index is 604. The average molecular weight is 275 g/mol. The van der Waals surface area contributed by atoms with E-state index in [1.807, 2.05) is 57.1 Å². The zero-order valence-electron chi connectivity index (χ0n) is 11.5. The smallest absolute Gasteiger partial charge is 0.267 e. The first-order chi connectivity index (χ1) is 8.97. The van der Waals surface area contributed by atoms with Gasteiger partial charge < -0.3 is 10.2 Å². The highest BCUT2D eigenvalue weighted by Crippen LogP contribution is 2.25. The van der Waals surface area contributed by atoms with E-state index in [0.29, 0.717) is 4.88 Å². The number of nitrogens with one attached hydrogen (secondary N) is 1. The van der Waals surface area contributed by atoms with Gasteiger partial charge in [-0.1, -0.05) is 23.5 Å². The highest BCUT2D eigenvalue weighted by Gasteiger charge is 2.16. The fraction of sp³-hybridized carbons (Fsp3) is 0.286. The second kappa shape index (κ2) is 5.40. The largest absolute Gasteiger partial charge is 0.354 e. The maximum atomic E-state index is 12.2. The van der Waals surface area contributed by atoms with Gasteiger partial charge in [-0.25, -0.2) is 4.98 Å². The van der Waals surface area contributed by atoms with Crippen LogP contribution in [0.3, 0.4) is 0 Å². The Labute approximate surface area is 117 Å². The van der Waals surface area contributed by atoms with E-state index in [0.717, 1.165) is 22.1 Å². The molecule has 0 unspecified atom stereocenters. The van der Waals surface area contributed by atoms with Gasteiger partial charge in [-0.3, -0.25) is 4.79 Å². The molecule has 5 heteroatoms. The molecular weight excluding hydrogens is 258 g/mol. The van der Waals surface area contributed by atoms with E-state index in [1.165, 1.54) is 11.3 Å². The minimum absolute atomic E-state index is 0.103. The maximum absolute atomic E-state index is 12.2. The lowest BCUT2D eigenvalue weighted by Gasteiger charge is -2.05. The summed E-state index contributed by atoms with van der Waals surface area (Å²) in [6.07, 6.45) is 0. The predicted octanol–water partition coefficient (Wildman–Crippen LogP) is 3.08. The molecule has 0 radical (unpaired) electrons. The number of hydrogen-bond donors (Lipinski definition) is 1. The summed E-state index contributed by atoms with van der Waals surface area (Å²) in [5.41, 5.74) is 2.69. The molecule has 0 saturated carbocycles. The lowest BCUT2D eigenvalue weighted by molar-refractivity contribution is 0.103. The summed E-state index contributed by atoms with van der Waals surface area (Å²) in [7, 11) is 3.83. The summed E-state index contributed by atoms with van der Waals surface area (Å²) in [4.78, 5) is 19.2. The van der Waals surface area contributed by atoms with Crippen LogP contribution in [-0.4, -0.2) is 25.0 Å². The number of anilines is 2. The summed E-state index contributed by atoms with van der Waals surface area (Å²) in [6.45, 7) is 3.85. The summed E-state index contributed by atoms with van der Waals surface area (Å²) >= 11 is 1.40. The number of benzene rings is 1. The van der Waals surface area contributed by atoms with Gasteiger partial charge in [0.15, 0.2) is 5.13 Å². The third-order valence-corrected chi connectivity index (χ3v) is 3.97. The number of aryl methyl sites for hydroxylation is 2. The zero-order chi connectivity index (χ0) is 14.0. The number of amides is 1. The third-order valence-electron chi connectivity index (χ3n) is 2.65. The molecule has 1 aromatic heterocycles. The van der Waals surface area contributed by atoms with Crippen molar-refractivity contribution in [3.63, 3.8) is 0 Å². The fourth-order valence-electron chi connectivity index (χ4n) is 1.69. The molecule has 2 aromatic rings. The second-order valence-electron chi connectivity index (χ2n) is 4.63. The monoisotopic (exact) mass is 275 g/mol. The molecule has 0 aliphatic carbocycles. The number of rotatable bonds is 3. The lowest BCUT2D eigenvalue weighted by atomic mass is 10.2.